The number of halogens is 3. The maximum absolute atomic E-state index is 12.6. The summed E-state index contributed by atoms with van der Waals surface area (Å²) in [7, 11) is 0. The smallest absolute Gasteiger partial charge is 0.254 e. The molecule has 0 unspecified atom stereocenters. The molecule has 2 N–H and O–H groups in total. The second kappa shape index (κ2) is 9.27. The molecule has 144 valence electrons. The van der Waals surface area contributed by atoms with Crippen LogP contribution in [-0.2, 0) is 4.79 Å². The number of benzene rings is 1. The molecule has 2 fully saturated rings. The number of carbonyl (C=O) groups is 2. The lowest BCUT2D eigenvalue weighted by atomic mass is 9.99. The van der Waals surface area contributed by atoms with Gasteiger partial charge in [0.25, 0.3) is 5.91 Å². The molecule has 0 aromatic heterocycles. The van der Waals surface area contributed by atoms with Gasteiger partial charge >= 0.3 is 0 Å². The molecular formula is C18H24Cl3N3O2. The van der Waals surface area contributed by atoms with Crippen molar-refractivity contribution < 1.29 is 9.59 Å². The quantitative estimate of drug-likeness (QED) is 0.816. The summed E-state index contributed by atoms with van der Waals surface area (Å²) in [6.45, 7) is 2.15. The first kappa shape index (κ1) is 21.3. The Labute approximate surface area is 170 Å². The van der Waals surface area contributed by atoms with Gasteiger partial charge in [0.15, 0.2) is 0 Å². The van der Waals surface area contributed by atoms with Crippen LogP contribution in [0.15, 0.2) is 18.2 Å². The van der Waals surface area contributed by atoms with E-state index in [0.717, 1.165) is 19.3 Å². The lowest BCUT2D eigenvalue weighted by Gasteiger charge is -2.35. The fraction of sp³-hybridized carbons (Fsp3) is 0.556. The summed E-state index contributed by atoms with van der Waals surface area (Å²) in [6, 6.07) is 4.99. The van der Waals surface area contributed by atoms with Gasteiger partial charge in [0.1, 0.15) is 0 Å². The Hall–Kier alpha value is -1.01. The third-order valence-electron chi connectivity index (χ3n) is 5.18. The van der Waals surface area contributed by atoms with Crippen LogP contribution < -0.4 is 5.73 Å². The molecule has 1 saturated carbocycles. The third kappa shape index (κ3) is 5.03. The lowest BCUT2D eigenvalue weighted by molar-refractivity contribution is -0.133. The average Bonchev–Trinajstić information content (AvgIpc) is 2.98. The summed E-state index contributed by atoms with van der Waals surface area (Å²) in [5.74, 6) is 0.357. The maximum atomic E-state index is 12.6. The number of hydrogen-bond donors (Lipinski definition) is 1. The number of nitrogens with zero attached hydrogens (tertiary/aromatic N) is 2. The molecule has 0 radical (unpaired) electrons. The van der Waals surface area contributed by atoms with Crippen LogP contribution in [0.3, 0.4) is 0 Å². The van der Waals surface area contributed by atoms with Gasteiger partial charge in [-0.1, -0.05) is 29.6 Å². The largest absolute Gasteiger partial charge is 0.339 e. The summed E-state index contributed by atoms with van der Waals surface area (Å²) < 4.78 is 0. The molecule has 1 aromatic rings. The summed E-state index contributed by atoms with van der Waals surface area (Å²) in [4.78, 5) is 28.6. The monoisotopic (exact) mass is 419 g/mol. The number of piperazine rings is 1. The number of hydrogen-bond acceptors (Lipinski definition) is 3. The normalized spacial score (nSPS) is 22.9. The van der Waals surface area contributed by atoms with Crippen LogP contribution in [-0.4, -0.2) is 53.8 Å². The van der Waals surface area contributed by atoms with E-state index in [1.54, 1.807) is 23.1 Å². The summed E-state index contributed by atoms with van der Waals surface area (Å²) in [5, 5.41) is 0.884. The number of nitrogens with two attached hydrogens (primary N) is 1. The van der Waals surface area contributed by atoms with Gasteiger partial charge in [0.2, 0.25) is 5.91 Å². The Morgan fingerprint density at radius 3 is 2.12 bits per heavy atom. The predicted octanol–water partition coefficient (Wildman–Crippen LogP) is 3.22. The standard InChI is InChI=1S/C18H23Cl2N3O2.ClH/c19-14-8-13(9-15(20)11-14)18(25)23-6-4-22(5-7-23)17(24)10-12-2-1-3-16(12)21;/h8-9,11-12,16H,1-7,10,21H2;1H/t12-,16+;/m0./s1. The summed E-state index contributed by atoms with van der Waals surface area (Å²) >= 11 is 11.9. The van der Waals surface area contributed by atoms with E-state index in [2.05, 4.69) is 0 Å². The highest BCUT2D eigenvalue weighted by atomic mass is 35.5. The van der Waals surface area contributed by atoms with E-state index in [1.807, 2.05) is 4.90 Å². The molecule has 1 heterocycles. The second-order valence-corrected chi connectivity index (χ2v) is 7.76. The number of amides is 2. The van der Waals surface area contributed by atoms with E-state index in [9.17, 15) is 9.59 Å². The van der Waals surface area contributed by atoms with Gasteiger partial charge < -0.3 is 15.5 Å². The van der Waals surface area contributed by atoms with Crippen molar-refractivity contribution in [3.63, 3.8) is 0 Å². The number of carbonyl (C=O) groups excluding carboxylic acids is 2. The molecule has 1 saturated heterocycles. The first-order valence-corrected chi connectivity index (χ1v) is 9.48. The van der Waals surface area contributed by atoms with Crippen molar-refractivity contribution in [1.82, 2.24) is 9.80 Å². The summed E-state index contributed by atoms with van der Waals surface area (Å²) in [6.07, 6.45) is 3.70. The maximum Gasteiger partial charge on any atom is 0.254 e. The van der Waals surface area contributed by atoms with Gasteiger partial charge in [-0.05, 0) is 37.0 Å². The SMILES string of the molecule is Cl.N[C@@H]1CCC[C@H]1CC(=O)N1CCN(C(=O)c2cc(Cl)cc(Cl)c2)CC1. The van der Waals surface area contributed by atoms with Crippen LogP contribution >= 0.6 is 35.6 Å². The molecule has 2 aliphatic rings. The van der Waals surface area contributed by atoms with E-state index in [-0.39, 0.29) is 30.3 Å². The highest BCUT2D eigenvalue weighted by Crippen LogP contribution is 2.27. The van der Waals surface area contributed by atoms with Crippen LogP contribution in [0.5, 0.6) is 0 Å². The Morgan fingerprint density at radius 1 is 1.00 bits per heavy atom. The predicted molar refractivity (Wildman–Crippen MR) is 106 cm³/mol. The van der Waals surface area contributed by atoms with Crippen molar-refractivity contribution >= 4 is 47.4 Å². The highest BCUT2D eigenvalue weighted by Gasteiger charge is 2.30. The molecule has 5 nitrogen and oxygen atoms in total. The third-order valence-corrected chi connectivity index (χ3v) is 5.62. The van der Waals surface area contributed by atoms with Crippen molar-refractivity contribution in [3.8, 4) is 0 Å². The van der Waals surface area contributed by atoms with E-state index in [1.165, 1.54) is 0 Å². The molecule has 8 heteroatoms. The van der Waals surface area contributed by atoms with Crippen molar-refractivity contribution in [1.29, 1.82) is 0 Å². The molecule has 26 heavy (non-hydrogen) atoms. The Morgan fingerprint density at radius 2 is 1.58 bits per heavy atom. The molecular weight excluding hydrogens is 397 g/mol. The molecule has 2 atom stereocenters. The van der Waals surface area contributed by atoms with E-state index >= 15 is 0 Å². The minimum absolute atomic E-state index is 0. The molecule has 1 aliphatic carbocycles. The van der Waals surface area contributed by atoms with Crippen molar-refractivity contribution in [2.75, 3.05) is 26.2 Å². The molecule has 2 amide bonds. The minimum Gasteiger partial charge on any atom is -0.339 e. The topological polar surface area (TPSA) is 66.6 Å². The van der Waals surface area contributed by atoms with Crippen molar-refractivity contribution in [3.05, 3.63) is 33.8 Å². The average molecular weight is 421 g/mol. The Kier molecular flexibility index (Phi) is 7.59. The van der Waals surface area contributed by atoms with E-state index in [4.69, 9.17) is 28.9 Å². The fourth-order valence-corrected chi connectivity index (χ4v) is 4.22. The first-order chi connectivity index (χ1) is 11.9. The lowest BCUT2D eigenvalue weighted by Crippen LogP contribution is -2.51. The minimum atomic E-state index is -0.102. The van der Waals surface area contributed by atoms with Gasteiger partial charge in [-0.25, -0.2) is 0 Å². The van der Waals surface area contributed by atoms with Gasteiger partial charge in [0.05, 0.1) is 0 Å². The molecule has 1 aliphatic heterocycles. The van der Waals surface area contributed by atoms with E-state index in [0.29, 0.717) is 54.1 Å². The highest BCUT2D eigenvalue weighted by molar-refractivity contribution is 6.35. The first-order valence-electron chi connectivity index (χ1n) is 8.73. The van der Waals surface area contributed by atoms with Gasteiger partial charge in [-0.3, -0.25) is 9.59 Å². The van der Waals surface area contributed by atoms with Crippen LogP contribution in [0, 0.1) is 5.92 Å². The Bertz CT molecular complexity index is 643. The van der Waals surface area contributed by atoms with Crippen LogP contribution in [0.4, 0.5) is 0 Å². The summed E-state index contributed by atoms with van der Waals surface area (Å²) in [5.41, 5.74) is 6.54. The van der Waals surface area contributed by atoms with Gasteiger partial charge in [0, 0.05) is 54.3 Å². The van der Waals surface area contributed by atoms with Crippen LogP contribution in [0.25, 0.3) is 0 Å². The number of rotatable bonds is 3. The zero-order valence-electron chi connectivity index (χ0n) is 14.5. The van der Waals surface area contributed by atoms with Crippen molar-refractivity contribution in [2.45, 2.75) is 31.7 Å². The van der Waals surface area contributed by atoms with E-state index < -0.39 is 0 Å². The molecule has 0 bridgehead atoms. The van der Waals surface area contributed by atoms with Gasteiger partial charge in [-0.2, -0.15) is 0 Å². The molecule has 0 spiro atoms. The van der Waals surface area contributed by atoms with Crippen LogP contribution in [0.1, 0.15) is 36.0 Å². The molecule has 1 aromatic carbocycles. The zero-order chi connectivity index (χ0) is 18.0. The van der Waals surface area contributed by atoms with Crippen LogP contribution in [0.2, 0.25) is 10.0 Å². The zero-order valence-corrected chi connectivity index (χ0v) is 16.8. The van der Waals surface area contributed by atoms with Crippen molar-refractivity contribution in [2.24, 2.45) is 11.7 Å². The Balaban J connectivity index is 0.00000243. The molecule has 3 rings (SSSR count). The fourth-order valence-electron chi connectivity index (χ4n) is 3.69. The van der Waals surface area contributed by atoms with Gasteiger partial charge in [-0.15, -0.1) is 12.4 Å². The second-order valence-electron chi connectivity index (χ2n) is 6.89.